The quantitative estimate of drug-likeness (QED) is 0.218. The summed E-state index contributed by atoms with van der Waals surface area (Å²) in [5, 5.41) is 4.24. The van der Waals surface area contributed by atoms with Crippen molar-refractivity contribution in [2.75, 3.05) is 25.6 Å². The van der Waals surface area contributed by atoms with Crippen LogP contribution in [0, 0.1) is 6.92 Å². The molecular weight excluding hydrogens is 573 g/mol. The Labute approximate surface area is 249 Å². The van der Waals surface area contributed by atoms with Gasteiger partial charge in [0.15, 0.2) is 0 Å². The number of rotatable bonds is 9. The van der Waals surface area contributed by atoms with E-state index < -0.39 is 5.91 Å². The van der Waals surface area contributed by atoms with Crippen LogP contribution in [0.4, 0.5) is 5.69 Å². The molecule has 0 atom stereocenters. The van der Waals surface area contributed by atoms with Crippen LogP contribution in [0.1, 0.15) is 16.8 Å². The van der Waals surface area contributed by atoms with Crippen molar-refractivity contribution >= 4 is 70.1 Å². The molecule has 40 heavy (non-hydrogen) atoms. The van der Waals surface area contributed by atoms with Crippen molar-refractivity contribution in [1.82, 2.24) is 10.3 Å². The molecule has 1 N–H and O–H groups in total. The van der Waals surface area contributed by atoms with E-state index in [0.29, 0.717) is 27.8 Å². The molecule has 0 aliphatic heterocycles. The van der Waals surface area contributed by atoms with Crippen molar-refractivity contribution in [2.24, 2.45) is 0 Å². The Morgan fingerprint density at radius 2 is 1.75 bits per heavy atom. The number of amides is 2. The molecule has 4 aromatic rings. The monoisotopic (exact) mass is 599 g/mol. The Kier molecular flexibility index (Phi) is 10.8. The molecule has 0 radical (unpaired) electrons. The number of carbonyl (C=O) groups is 2. The van der Waals surface area contributed by atoms with Gasteiger partial charge in [-0.05, 0) is 43.3 Å². The van der Waals surface area contributed by atoms with Gasteiger partial charge in [-0.3, -0.25) is 9.59 Å². The molecule has 0 saturated heterocycles. The molecular formula is C30H28Cl3N3O4. The number of nitrogens with zero attached hydrogens (tertiary/aromatic N) is 2. The molecule has 10 heteroatoms. The summed E-state index contributed by atoms with van der Waals surface area (Å²) >= 11 is 13.1. The molecule has 0 unspecified atom stereocenters. The molecule has 1 aromatic heterocycles. The highest BCUT2D eigenvalue weighted by Crippen LogP contribution is 2.35. The number of hydrogen-bond donors (Lipinski definition) is 1. The Morgan fingerprint density at radius 1 is 1.00 bits per heavy atom. The molecule has 4 rings (SSSR count). The average molecular weight is 601 g/mol. The van der Waals surface area contributed by atoms with Crippen molar-refractivity contribution in [3.63, 3.8) is 0 Å². The number of carbonyl (C=O) groups excluding carboxylic acids is 2. The Balaban J connectivity index is 0.00000441. The highest BCUT2D eigenvalue weighted by atomic mass is 35.5. The number of aromatic nitrogens is 1. The first-order chi connectivity index (χ1) is 18.8. The summed E-state index contributed by atoms with van der Waals surface area (Å²) < 4.78 is 11.3. The number of para-hydroxylation sites is 2. The molecule has 0 bridgehead atoms. The van der Waals surface area contributed by atoms with Gasteiger partial charge in [-0.2, -0.15) is 0 Å². The summed E-state index contributed by atoms with van der Waals surface area (Å²) in [5.74, 6) is 0.458. The second-order valence-electron chi connectivity index (χ2n) is 8.67. The highest BCUT2D eigenvalue weighted by molar-refractivity contribution is 6.38. The van der Waals surface area contributed by atoms with Crippen LogP contribution >= 0.6 is 35.6 Å². The van der Waals surface area contributed by atoms with Gasteiger partial charge in [0.2, 0.25) is 11.8 Å². The minimum atomic E-state index is -0.419. The molecule has 7 nitrogen and oxygen atoms in total. The number of benzene rings is 3. The molecule has 1 heterocycles. The number of pyridine rings is 1. The second kappa shape index (κ2) is 14.0. The number of halogens is 3. The normalized spacial score (nSPS) is 10.7. The average Bonchev–Trinajstić information content (AvgIpc) is 2.94. The molecule has 2 amide bonds. The summed E-state index contributed by atoms with van der Waals surface area (Å²) in [5.41, 5.74) is 3.33. The number of aryl methyl sites for hydroxylation is 1. The van der Waals surface area contributed by atoms with E-state index in [4.69, 9.17) is 32.7 Å². The van der Waals surface area contributed by atoms with E-state index in [2.05, 4.69) is 10.3 Å². The minimum absolute atomic E-state index is 0. The maximum Gasteiger partial charge on any atom is 0.246 e. The lowest BCUT2D eigenvalue weighted by atomic mass is 10.1. The number of ether oxygens (including phenoxy) is 2. The summed E-state index contributed by atoms with van der Waals surface area (Å²) in [6.45, 7) is 1.77. The lowest BCUT2D eigenvalue weighted by molar-refractivity contribution is -0.122. The predicted molar refractivity (Wildman–Crippen MR) is 163 cm³/mol. The van der Waals surface area contributed by atoms with Gasteiger partial charge in [-0.1, -0.05) is 59.6 Å². The zero-order valence-corrected chi connectivity index (χ0v) is 24.4. The van der Waals surface area contributed by atoms with Crippen LogP contribution in [0.3, 0.4) is 0 Å². The third-order valence-electron chi connectivity index (χ3n) is 6.06. The van der Waals surface area contributed by atoms with Crippen LogP contribution in [0.2, 0.25) is 10.0 Å². The maximum absolute atomic E-state index is 12.9. The van der Waals surface area contributed by atoms with Crippen LogP contribution in [-0.2, 0) is 16.2 Å². The standard InChI is InChI=1S/C30H27Cl2N3O4.ClH/c1-19-11-12-21-8-6-10-26(30(21)34-19)39-18-22-23(31)14-15-24(29(22)32)35(2)28(37)17-33-27(36)16-13-20-7-4-5-9-25(20)38-3;/h4-16H,17-18H2,1-3H3,(H,33,36);1H/b16-13+;. The largest absolute Gasteiger partial charge is 0.496 e. The second-order valence-corrected chi connectivity index (χ2v) is 9.46. The van der Waals surface area contributed by atoms with Crippen molar-refractivity contribution < 1.29 is 19.1 Å². The fourth-order valence-electron chi connectivity index (χ4n) is 3.90. The van der Waals surface area contributed by atoms with Gasteiger partial charge < -0.3 is 19.7 Å². The van der Waals surface area contributed by atoms with E-state index in [9.17, 15) is 9.59 Å². The maximum atomic E-state index is 12.9. The molecule has 0 aliphatic rings. The zero-order valence-electron chi connectivity index (χ0n) is 22.1. The van der Waals surface area contributed by atoms with E-state index in [-0.39, 0.29) is 36.5 Å². The summed E-state index contributed by atoms with van der Waals surface area (Å²) in [7, 11) is 3.14. The van der Waals surface area contributed by atoms with E-state index in [1.807, 2.05) is 55.5 Å². The lowest BCUT2D eigenvalue weighted by Crippen LogP contribution is -2.37. The van der Waals surface area contributed by atoms with Crippen LogP contribution < -0.4 is 19.7 Å². The molecule has 0 saturated carbocycles. The number of methoxy groups -OCH3 is 1. The SMILES string of the molecule is COc1ccccc1/C=C/C(=O)NCC(=O)N(C)c1ccc(Cl)c(COc2cccc3ccc(C)nc23)c1Cl.Cl. The first kappa shape index (κ1) is 30.8. The zero-order chi connectivity index (χ0) is 27.9. The van der Waals surface area contributed by atoms with Gasteiger partial charge in [0.1, 0.15) is 23.6 Å². The summed E-state index contributed by atoms with van der Waals surface area (Å²) in [6, 6.07) is 20.2. The van der Waals surface area contributed by atoms with Crippen molar-refractivity contribution in [3.8, 4) is 11.5 Å². The van der Waals surface area contributed by atoms with E-state index in [1.54, 1.807) is 38.4 Å². The van der Waals surface area contributed by atoms with Gasteiger partial charge in [0.25, 0.3) is 0 Å². The third kappa shape index (κ3) is 7.24. The van der Waals surface area contributed by atoms with Crippen LogP contribution in [0.5, 0.6) is 11.5 Å². The van der Waals surface area contributed by atoms with Gasteiger partial charge in [0.05, 0.1) is 24.4 Å². The topological polar surface area (TPSA) is 80.8 Å². The molecule has 0 fully saturated rings. The summed E-state index contributed by atoms with van der Waals surface area (Å²) in [4.78, 5) is 31.1. The van der Waals surface area contributed by atoms with Crippen LogP contribution in [0.15, 0.2) is 72.8 Å². The van der Waals surface area contributed by atoms with Crippen molar-refractivity contribution in [3.05, 3.63) is 99.7 Å². The van der Waals surface area contributed by atoms with Crippen molar-refractivity contribution in [2.45, 2.75) is 13.5 Å². The highest BCUT2D eigenvalue weighted by Gasteiger charge is 2.19. The van der Waals surface area contributed by atoms with Crippen LogP contribution in [0.25, 0.3) is 17.0 Å². The van der Waals surface area contributed by atoms with Crippen LogP contribution in [-0.4, -0.2) is 37.5 Å². The number of anilines is 1. The number of hydrogen-bond acceptors (Lipinski definition) is 5. The third-order valence-corrected chi connectivity index (χ3v) is 6.84. The lowest BCUT2D eigenvalue weighted by Gasteiger charge is -2.21. The van der Waals surface area contributed by atoms with Gasteiger partial charge in [-0.25, -0.2) is 4.98 Å². The molecule has 0 spiro atoms. The van der Waals surface area contributed by atoms with E-state index in [1.165, 1.54) is 11.0 Å². The predicted octanol–water partition coefficient (Wildman–Crippen LogP) is 6.65. The van der Waals surface area contributed by atoms with Gasteiger partial charge in [0, 0.05) is 40.4 Å². The van der Waals surface area contributed by atoms with E-state index in [0.717, 1.165) is 22.2 Å². The van der Waals surface area contributed by atoms with Gasteiger partial charge >= 0.3 is 0 Å². The Morgan fingerprint density at radius 3 is 2.52 bits per heavy atom. The molecule has 3 aromatic carbocycles. The summed E-state index contributed by atoms with van der Waals surface area (Å²) in [6.07, 6.45) is 2.97. The van der Waals surface area contributed by atoms with Crippen molar-refractivity contribution in [1.29, 1.82) is 0 Å². The fraction of sp³-hybridized carbons (Fsp3) is 0.167. The Hall–Kier alpha value is -3.78. The first-order valence-electron chi connectivity index (χ1n) is 12.1. The Bertz CT molecular complexity index is 1560. The fourth-order valence-corrected chi connectivity index (χ4v) is 4.51. The number of nitrogens with one attached hydrogen (secondary N) is 1. The number of fused-ring (bicyclic) bond motifs is 1. The first-order valence-corrected chi connectivity index (χ1v) is 12.9. The molecule has 208 valence electrons. The number of likely N-dealkylation sites (N-methyl/N-ethyl adjacent to an activating group) is 1. The molecule has 0 aliphatic carbocycles. The van der Waals surface area contributed by atoms with Gasteiger partial charge in [-0.15, -0.1) is 12.4 Å². The minimum Gasteiger partial charge on any atom is -0.496 e. The van der Waals surface area contributed by atoms with E-state index >= 15 is 0 Å². The smallest absolute Gasteiger partial charge is 0.246 e.